The molecule has 10 heteroatoms. The van der Waals surface area contributed by atoms with E-state index < -0.39 is 30.6 Å². The highest BCUT2D eigenvalue weighted by Crippen LogP contribution is 2.39. The fourth-order valence-corrected chi connectivity index (χ4v) is 3.30. The molecule has 1 fully saturated rings. The van der Waals surface area contributed by atoms with E-state index in [0.29, 0.717) is 13.1 Å². The van der Waals surface area contributed by atoms with Gasteiger partial charge in [0.15, 0.2) is 0 Å². The van der Waals surface area contributed by atoms with Crippen molar-refractivity contribution in [1.29, 1.82) is 0 Å². The number of hydrogen-bond donors (Lipinski definition) is 1. The summed E-state index contributed by atoms with van der Waals surface area (Å²) < 4.78 is 31.4. The molecule has 1 aliphatic rings. The molecule has 0 bridgehead atoms. The van der Waals surface area contributed by atoms with Gasteiger partial charge in [0, 0.05) is 26.2 Å². The minimum atomic E-state index is -4.61. The van der Waals surface area contributed by atoms with Gasteiger partial charge in [-0.25, -0.2) is 0 Å². The first-order valence-corrected chi connectivity index (χ1v) is 7.91. The van der Waals surface area contributed by atoms with Crippen LogP contribution in [0.5, 0.6) is 0 Å². The number of rotatable bonds is 3. The molecule has 0 aliphatic carbocycles. The van der Waals surface area contributed by atoms with Crippen LogP contribution in [0.2, 0.25) is 5.02 Å². The maximum atomic E-state index is 11.2. The van der Waals surface area contributed by atoms with Gasteiger partial charge in [-0.3, -0.25) is 14.7 Å². The third-order valence-electron chi connectivity index (χ3n) is 3.36. The summed E-state index contributed by atoms with van der Waals surface area (Å²) >= 11 is 5.82. The number of benzene rings is 1. The zero-order chi connectivity index (χ0) is 15.8. The van der Waals surface area contributed by atoms with Crippen molar-refractivity contribution in [3.05, 3.63) is 27.3 Å². The SMILES string of the molecule is CN1CCN(c2ccc(S(=O)(=O)O)c(Cl)c2[N+](=O)[O-])CC1. The van der Waals surface area contributed by atoms with E-state index >= 15 is 0 Å². The highest BCUT2D eigenvalue weighted by atomic mass is 35.5. The Morgan fingerprint density at radius 3 is 2.33 bits per heavy atom. The molecule has 0 aromatic heterocycles. The highest BCUT2D eigenvalue weighted by molar-refractivity contribution is 7.86. The van der Waals surface area contributed by atoms with Crippen LogP contribution in [0.4, 0.5) is 11.4 Å². The minimum absolute atomic E-state index is 0.255. The van der Waals surface area contributed by atoms with Gasteiger partial charge < -0.3 is 9.80 Å². The third-order valence-corrected chi connectivity index (χ3v) is 4.75. The molecule has 116 valence electrons. The van der Waals surface area contributed by atoms with Crippen LogP contribution in [0.25, 0.3) is 0 Å². The zero-order valence-corrected chi connectivity index (χ0v) is 12.8. The van der Waals surface area contributed by atoms with Gasteiger partial charge in [-0.15, -0.1) is 0 Å². The van der Waals surface area contributed by atoms with Gasteiger partial charge in [0.05, 0.1) is 4.92 Å². The molecule has 1 N–H and O–H groups in total. The molecule has 1 heterocycles. The van der Waals surface area contributed by atoms with Crippen LogP contribution in [0.1, 0.15) is 0 Å². The molecule has 2 rings (SSSR count). The quantitative estimate of drug-likeness (QED) is 0.503. The van der Waals surface area contributed by atoms with Crippen LogP contribution in [0.3, 0.4) is 0 Å². The molecule has 0 unspecified atom stereocenters. The molecule has 0 amide bonds. The lowest BCUT2D eigenvalue weighted by atomic mass is 10.2. The number of halogens is 1. The molecule has 1 aliphatic heterocycles. The van der Waals surface area contributed by atoms with Crippen LogP contribution < -0.4 is 4.90 Å². The number of piperazine rings is 1. The van der Waals surface area contributed by atoms with Crippen molar-refractivity contribution in [2.45, 2.75) is 4.90 Å². The summed E-state index contributed by atoms with van der Waals surface area (Å²) in [5, 5.41) is 10.7. The summed E-state index contributed by atoms with van der Waals surface area (Å²) in [4.78, 5) is 13.7. The van der Waals surface area contributed by atoms with E-state index in [1.165, 1.54) is 6.07 Å². The molecule has 1 aromatic carbocycles. The fraction of sp³-hybridized carbons (Fsp3) is 0.455. The van der Waals surface area contributed by atoms with Crippen molar-refractivity contribution in [1.82, 2.24) is 4.90 Å². The summed E-state index contributed by atoms with van der Waals surface area (Å²) in [7, 11) is -2.66. The summed E-state index contributed by atoms with van der Waals surface area (Å²) in [6.45, 7) is 2.60. The minimum Gasteiger partial charge on any atom is -0.363 e. The first-order chi connectivity index (χ1) is 9.71. The standard InChI is InChI=1S/C11H14ClN3O5S/c1-13-4-6-14(7-5-13)8-2-3-9(21(18,19)20)10(12)11(8)15(16)17/h2-3H,4-7H2,1H3,(H,18,19,20). The predicted octanol–water partition coefficient (Wildman–Crippen LogP) is 1.25. The predicted molar refractivity (Wildman–Crippen MR) is 77.6 cm³/mol. The maximum Gasteiger partial charge on any atom is 0.312 e. The van der Waals surface area contributed by atoms with Gasteiger partial charge in [0.2, 0.25) is 0 Å². The van der Waals surface area contributed by atoms with Crippen molar-refractivity contribution >= 4 is 33.1 Å². The van der Waals surface area contributed by atoms with Crippen molar-refractivity contribution < 1.29 is 17.9 Å². The van der Waals surface area contributed by atoms with Crippen LogP contribution in [-0.4, -0.2) is 56.0 Å². The van der Waals surface area contributed by atoms with Crippen molar-refractivity contribution in [2.24, 2.45) is 0 Å². The Balaban J connectivity index is 2.53. The molecule has 1 saturated heterocycles. The smallest absolute Gasteiger partial charge is 0.312 e. The number of likely N-dealkylation sites (N-methyl/N-ethyl adjacent to an activating group) is 1. The Morgan fingerprint density at radius 1 is 1.29 bits per heavy atom. The van der Waals surface area contributed by atoms with Crippen molar-refractivity contribution in [3.63, 3.8) is 0 Å². The lowest BCUT2D eigenvalue weighted by Gasteiger charge is -2.33. The zero-order valence-electron chi connectivity index (χ0n) is 11.2. The Labute approximate surface area is 126 Å². The van der Waals surface area contributed by atoms with Crippen LogP contribution >= 0.6 is 11.6 Å². The van der Waals surface area contributed by atoms with Gasteiger partial charge in [-0.2, -0.15) is 8.42 Å². The second-order valence-corrected chi connectivity index (χ2v) is 6.54. The molecular weight excluding hydrogens is 322 g/mol. The Bertz CT molecular complexity index is 671. The summed E-state index contributed by atoms with van der Waals surface area (Å²) in [6, 6.07) is 2.39. The summed E-state index contributed by atoms with van der Waals surface area (Å²) in [5.41, 5.74) is -0.248. The van der Waals surface area contributed by atoms with E-state index in [2.05, 4.69) is 4.90 Å². The molecule has 1 aromatic rings. The van der Waals surface area contributed by atoms with Crippen LogP contribution in [-0.2, 0) is 10.1 Å². The van der Waals surface area contributed by atoms with E-state index in [1.807, 2.05) is 7.05 Å². The van der Waals surface area contributed by atoms with Crippen molar-refractivity contribution in [3.8, 4) is 0 Å². The van der Waals surface area contributed by atoms with Crippen LogP contribution in [0, 0.1) is 10.1 Å². The van der Waals surface area contributed by atoms with Gasteiger partial charge in [0.1, 0.15) is 15.6 Å². The Hall–Kier alpha value is -1.42. The topological polar surface area (TPSA) is 104 Å². The highest BCUT2D eigenvalue weighted by Gasteiger charge is 2.30. The second kappa shape index (κ2) is 5.76. The Morgan fingerprint density at radius 2 is 1.86 bits per heavy atom. The number of nitro groups is 1. The molecule has 21 heavy (non-hydrogen) atoms. The monoisotopic (exact) mass is 335 g/mol. The van der Waals surface area contributed by atoms with E-state index in [4.69, 9.17) is 16.2 Å². The normalized spacial score (nSPS) is 17.0. The lowest BCUT2D eigenvalue weighted by Crippen LogP contribution is -2.44. The van der Waals surface area contributed by atoms with E-state index in [9.17, 15) is 18.5 Å². The molecular formula is C11H14ClN3O5S. The van der Waals surface area contributed by atoms with Gasteiger partial charge in [-0.1, -0.05) is 11.6 Å². The average Bonchev–Trinajstić information content (AvgIpc) is 2.37. The third kappa shape index (κ3) is 3.26. The van der Waals surface area contributed by atoms with Gasteiger partial charge in [-0.05, 0) is 19.2 Å². The maximum absolute atomic E-state index is 11.2. The number of nitro benzene ring substituents is 1. The molecule has 0 spiro atoms. The molecule has 0 radical (unpaired) electrons. The van der Waals surface area contributed by atoms with E-state index in [1.54, 1.807) is 4.90 Å². The first kappa shape index (κ1) is 16.0. The summed E-state index contributed by atoms with van der Waals surface area (Å²) in [6.07, 6.45) is 0. The average molecular weight is 336 g/mol. The summed E-state index contributed by atoms with van der Waals surface area (Å²) in [5.74, 6) is 0. The first-order valence-electron chi connectivity index (χ1n) is 6.09. The number of hydrogen-bond acceptors (Lipinski definition) is 6. The van der Waals surface area contributed by atoms with Gasteiger partial charge in [0.25, 0.3) is 10.1 Å². The molecule has 8 nitrogen and oxygen atoms in total. The number of nitrogens with zero attached hydrogens (tertiary/aromatic N) is 3. The van der Waals surface area contributed by atoms with Crippen LogP contribution in [0.15, 0.2) is 17.0 Å². The molecule has 0 atom stereocenters. The van der Waals surface area contributed by atoms with E-state index in [-0.39, 0.29) is 5.69 Å². The largest absolute Gasteiger partial charge is 0.363 e. The molecule has 0 saturated carbocycles. The fourth-order valence-electron chi connectivity index (χ4n) is 2.21. The van der Waals surface area contributed by atoms with Crippen molar-refractivity contribution in [2.75, 3.05) is 38.1 Å². The lowest BCUT2D eigenvalue weighted by molar-refractivity contribution is -0.384. The second-order valence-electron chi connectivity index (χ2n) is 4.77. The van der Waals surface area contributed by atoms with E-state index in [0.717, 1.165) is 19.2 Å². The Kier molecular flexibility index (Phi) is 4.38. The van der Waals surface area contributed by atoms with Gasteiger partial charge >= 0.3 is 5.69 Å². The number of anilines is 1.